The van der Waals surface area contributed by atoms with Gasteiger partial charge in [0.05, 0.1) is 30.8 Å². The van der Waals surface area contributed by atoms with Crippen molar-refractivity contribution in [2.75, 3.05) is 14.2 Å². The van der Waals surface area contributed by atoms with Gasteiger partial charge in [0.25, 0.3) is 5.69 Å². The summed E-state index contributed by atoms with van der Waals surface area (Å²) in [6, 6.07) is 4.57. The molecule has 7 heteroatoms. The van der Waals surface area contributed by atoms with Crippen LogP contribution in [-0.4, -0.2) is 24.9 Å². The summed E-state index contributed by atoms with van der Waals surface area (Å²) in [5.74, 6) is 0.427. The molecule has 0 amide bonds. The minimum absolute atomic E-state index is 0.157. The number of benzene rings is 1. The molecular formula is C17H17NO5S. The van der Waals surface area contributed by atoms with Gasteiger partial charge < -0.3 is 9.47 Å². The summed E-state index contributed by atoms with van der Waals surface area (Å²) in [6.07, 6.45) is 2.76. The molecule has 0 fully saturated rings. The summed E-state index contributed by atoms with van der Waals surface area (Å²) in [5.41, 5.74) is 0.724. The van der Waals surface area contributed by atoms with E-state index in [1.54, 1.807) is 0 Å². The quantitative estimate of drug-likeness (QED) is 0.339. The topological polar surface area (TPSA) is 78.7 Å². The average molecular weight is 347 g/mol. The molecule has 0 aliphatic rings. The summed E-state index contributed by atoms with van der Waals surface area (Å²) < 4.78 is 10.2. The lowest BCUT2D eigenvalue weighted by Gasteiger charge is -2.08. The molecule has 0 atom stereocenters. The number of hydrogen-bond acceptors (Lipinski definition) is 6. The summed E-state index contributed by atoms with van der Waals surface area (Å²) in [4.78, 5) is 25.0. The van der Waals surface area contributed by atoms with E-state index in [-0.39, 0.29) is 22.8 Å². The molecule has 1 heterocycles. The van der Waals surface area contributed by atoms with Crippen LogP contribution in [0.2, 0.25) is 0 Å². The molecule has 0 saturated carbocycles. The molecule has 0 aliphatic carbocycles. The number of aryl methyl sites for hydroxylation is 2. The highest BCUT2D eigenvalue weighted by Gasteiger charge is 2.18. The van der Waals surface area contributed by atoms with Crippen molar-refractivity contribution < 1.29 is 19.2 Å². The Kier molecular flexibility index (Phi) is 5.35. The van der Waals surface area contributed by atoms with E-state index in [0.29, 0.717) is 11.3 Å². The Hall–Kier alpha value is -2.67. The number of rotatable bonds is 6. The first-order chi connectivity index (χ1) is 11.4. The van der Waals surface area contributed by atoms with E-state index >= 15 is 0 Å². The van der Waals surface area contributed by atoms with Crippen LogP contribution >= 0.6 is 11.3 Å². The lowest BCUT2D eigenvalue weighted by molar-refractivity contribution is -0.385. The van der Waals surface area contributed by atoms with Crippen LogP contribution in [-0.2, 0) is 0 Å². The van der Waals surface area contributed by atoms with Crippen LogP contribution < -0.4 is 9.47 Å². The largest absolute Gasteiger partial charge is 0.493 e. The van der Waals surface area contributed by atoms with Gasteiger partial charge in [-0.05, 0) is 38.1 Å². The smallest absolute Gasteiger partial charge is 0.280 e. The van der Waals surface area contributed by atoms with Crippen LogP contribution in [0.5, 0.6) is 11.5 Å². The zero-order valence-corrected chi connectivity index (χ0v) is 14.6. The molecule has 1 aromatic heterocycles. The summed E-state index contributed by atoms with van der Waals surface area (Å²) in [6.45, 7) is 3.80. The van der Waals surface area contributed by atoms with Crippen molar-refractivity contribution in [2.24, 2.45) is 0 Å². The number of carbonyl (C=O) groups excluding carboxylic acids is 1. The van der Waals surface area contributed by atoms with Crippen LogP contribution in [0.15, 0.2) is 24.3 Å². The monoisotopic (exact) mass is 347 g/mol. The third-order valence-corrected chi connectivity index (χ3v) is 4.42. The molecule has 0 unspecified atom stereocenters. The van der Waals surface area contributed by atoms with E-state index in [1.165, 1.54) is 49.8 Å². The van der Waals surface area contributed by atoms with Crippen molar-refractivity contribution in [1.29, 1.82) is 0 Å². The highest BCUT2D eigenvalue weighted by atomic mass is 32.1. The third kappa shape index (κ3) is 3.62. The van der Waals surface area contributed by atoms with Gasteiger partial charge in [0.2, 0.25) is 0 Å². The molecule has 0 spiro atoms. The minimum atomic E-state index is -0.522. The normalized spacial score (nSPS) is 10.8. The van der Waals surface area contributed by atoms with Crippen molar-refractivity contribution in [3.05, 3.63) is 55.3 Å². The van der Waals surface area contributed by atoms with E-state index in [1.807, 2.05) is 19.9 Å². The van der Waals surface area contributed by atoms with Crippen molar-refractivity contribution in [1.82, 2.24) is 0 Å². The molecule has 2 rings (SSSR count). The maximum absolute atomic E-state index is 12.3. The SMILES string of the molecule is COc1cc(/C=C/C(=O)c2cc(C)sc2C)c([N+](=O)[O-])cc1OC. The number of ketones is 1. The molecule has 2 aromatic rings. The van der Waals surface area contributed by atoms with Gasteiger partial charge in [-0.25, -0.2) is 0 Å². The molecule has 0 bridgehead atoms. The fraction of sp³-hybridized carbons (Fsp3) is 0.235. The molecule has 0 N–H and O–H groups in total. The highest BCUT2D eigenvalue weighted by molar-refractivity contribution is 7.12. The molecular weight excluding hydrogens is 330 g/mol. The predicted molar refractivity (Wildman–Crippen MR) is 93.4 cm³/mol. The van der Waals surface area contributed by atoms with Gasteiger partial charge >= 0.3 is 0 Å². The lowest BCUT2D eigenvalue weighted by atomic mass is 10.1. The van der Waals surface area contributed by atoms with Crippen LogP contribution in [0, 0.1) is 24.0 Å². The van der Waals surface area contributed by atoms with Crippen LogP contribution in [0.3, 0.4) is 0 Å². The first kappa shape index (κ1) is 17.7. The lowest BCUT2D eigenvalue weighted by Crippen LogP contribution is -1.98. The Morgan fingerprint density at radius 1 is 1.17 bits per heavy atom. The van der Waals surface area contributed by atoms with Gasteiger partial charge in [-0.1, -0.05) is 0 Å². The maximum Gasteiger partial charge on any atom is 0.280 e. The van der Waals surface area contributed by atoms with Crippen molar-refractivity contribution in [3.8, 4) is 11.5 Å². The van der Waals surface area contributed by atoms with Gasteiger partial charge in [0.15, 0.2) is 17.3 Å². The number of ether oxygens (including phenoxy) is 2. The second kappa shape index (κ2) is 7.27. The number of thiophene rings is 1. The van der Waals surface area contributed by atoms with E-state index < -0.39 is 4.92 Å². The van der Waals surface area contributed by atoms with Gasteiger partial charge in [0.1, 0.15) is 0 Å². The Balaban J connectivity index is 2.42. The Morgan fingerprint density at radius 3 is 2.29 bits per heavy atom. The van der Waals surface area contributed by atoms with Gasteiger partial charge in [0, 0.05) is 15.3 Å². The van der Waals surface area contributed by atoms with Crippen LogP contribution in [0.4, 0.5) is 5.69 Å². The summed E-state index contributed by atoms with van der Waals surface area (Å²) in [7, 11) is 2.85. The number of nitro groups is 1. The fourth-order valence-electron chi connectivity index (χ4n) is 2.31. The van der Waals surface area contributed by atoms with E-state index in [2.05, 4.69) is 0 Å². The average Bonchev–Trinajstić information content (AvgIpc) is 2.89. The van der Waals surface area contributed by atoms with Crippen molar-refractivity contribution in [2.45, 2.75) is 13.8 Å². The van der Waals surface area contributed by atoms with Gasteiger partial charge in [-0.15, -0.1) is 11.3 Å². The van der Waals surface area contributed by atoms with Crippen molar-refractivity contribution >= 4 is 28.9 Å². The molecule has 126 valence electrons. The predicted octanol–water partition coefficient (Wildman–Crippen LogP) is 4.19. The zero-order chi connectivity index (χ0) is 17.9. The van der Waals surface area contributed by atoms with Crippen molar-refractivity contribution in [3.63, 3.8) is 0 Å². The van der Waals surface area contributed by atoms with E-state index in [4.69, 9.17) is 9.47 Å². The van der Waals surface area contributed by atoms with Crippen LogP contribution in [0.25, 0.3) is 6.08 Å². The Morgan fingerprint density at radius 2 is 1.79 bits per heavy atom. The number of methoxy groups -OCH3 is 2. The minimum Gasteiger partial charge on any atom is -0.493 e. The van der Waals surface area contributed by atoms with Crippen LogP contribution in [0.1, 0.15) is 25.7 Å². The first-order valence-corrected chi connectivity index (χ1v) is 7.89. The molecule has 0 saturated heterocycles. The van der Waals surface area contributed by atoms with E-state index in [0.717, 1.165) is 9.75 Å². The highest BCUT2D eigenvalue weighted by Crippen LogP contribution is 2.35. The maximum atomic E-state index is 12.3. The number of carbonyl (C=O) groups is 1. The van der Waals surface area contributed by atoms with Gasteiger partial charge in [-0.3, -0.25) is 14.9 Å². The number of allylic oxidation sites excluding steroid dienone is 1. The second-order valence-electron chi connectivity index (χ2n) is 5.05. The zero-order valence-electron chi connectivity index (χ0n) is 13.8. The Labute approximate surface area is 143 Å². The fourth-order valence-corrected chi connectivity index (χ4v) is 3.24. The van der Waals surface area contributed by atoms with Gasteiger partial charge in [-0.2, -0.15) is 0 Å². The number of nitro benzene ring substituents is 1. The summed E-state index contributed by atoms with van der Waals surface area (Å²) >= 11 is 1.54. The molecule has 0 aliphatic heterocycles. The Bertz CT molecular complexity index is 823. The summed E-state index contributed by atoms with van der Waals surface area (Å²) in [5, 5.41) is 11.3. The number of hydrogen-bond donors (Lipinski definition) is 0. The third-order valence-electron chi connectivity index (χ3n) is 3.45. The molecule has 0 radical (unpaired) electrons. The number of nitrogens with zero attached hydrogens (tertiary/aromatic N) is 1. The molecule has 24 heavy (non-hydrogen) atoms. The molecule has 1 aromatic carbocycles. The second-order valence-corrected chi connectivity index (χ2v) is 6.51. The standard InChI is InChI=1S/C17H17NO5S/c1-10-7-13(11(2)24-10)15(19)6-5-12-8-16(22-3)17(23-4)9-14(12)18(20)21/h5-9H,1-4H3/b6-5+. The molecule has 6 nitrogen and oxygen atoms in total. The first-order valence-electron chi connectivity index (χ1n) is 7.07. The van der Waals surface area contributed by atoms with E-state index in [9.17, 15) is 14.9 Å².